The predicted molar refractivity (Wildman–Crippen MR) is 47.1 cm³/mol. The van der Waals surface area contributed by atoms with Crippen molar-refractivity contribution in [3.63, 3.8) is 0 Å². The van der Waals surface area contributed by atoms with Crippen LogP contribution in [0, 0.1) is 0 Å². The van der Waals surface area contributed by atoms with Crippen molar-refractivity contribution in [1.29, 1.82) is 0 Å². The van der Waals surface area contributed by atoms with E-state index in [0.717, 1.165) is 11.1 Å². The zero-order chi connectivity index (χ0) is 8.97. The first-order chi connectivity index (χ1) is 5.70. The van der Waals surface area contributed by atoms with E-state index in [0.29, 0.717) is 0 Å². The van der Waals surface area contributed by atoms with Crippen molar-refractivity contribution < 1.29 is 4.79 Å². The molecule has 0 saturated carbocycles. The lowest BCUT2D eigenvalue weighted by Gasteiger charge is -1.97. The number of primary amides is 1. The molecule has 1 aromatic rings. The van der Waals surface area contributed by atoms with Crippen molar-refractivity contribution in [2.45, 2.75) is 6.92 Å². The van der Waals surface area contributed by atoms with Gasteiger partial charge in [-0.3, -0.25) is 9.78 Å². The van der Waals surface area contributed by atoms with Gasteiger partial charge in [-0.1, -0.05) is 6.07 Å². The van der Waals surface area contributed by atoms with Crippen LogP contribution in [-0.4, -0.2) is 10.9 Å². The van der Waals surface area contributed by atoms with Gasteiger partial charge in [-0.15, -0.1) is 0 Å². The summed E-state index contributed by atoms with van der Waals surface area (Å²) in [6, 6.07) is 3.69. The molecule has 1 aromatic heterocycles. The van der Waals surface area contributed by atoms with Crippen molar-refractivity contribution in [3.8, 4) is 0 Å². The van der Waals surface area contributed by atoms with E-state index in [2.05, 4.69) is 4.98 Å². The van der Waals surface area contributed by atoms with E-state index in [-0.39, 0.29) is 0 Å². The van der Waals surface area contributed by atoms with Crippen LogP contribution in [0.1, 0.15) is 12.5 Å². The lowest BCUT2D eigenvalue weighted by atomic mass is 10.1. The van der Waals surface area contributed by atoms with Crippen LogP contribution in [0.5, 0.6) is 0 Å². The highest BCUT2D eigenvalue weighted by molar-refractivity contribution is 5.93. The zero-order valence-electron chi connectivity index (χ0n) is 6.82. The van der Waals surface area contributed by atoms with Crippen LogP contribution in [0.4, 0.5) is 0 Å². The van der Waals surface area contributed by atoms with Crippen molar-refractivity contribution in [2.75, 3.05) is 0 Å². The quantitative estimate of drug-likeness (QED) is 0.659. The van der Waals surface area contributed by atoms with Crippen LogP contribution in [0.2, 0.25) is 0 Å². The minimum atomic E-state index is -0.434. The third-order valence-corrected chi connectivity index (χ3v) is 1.48. The molecule has 0 aliphatic carbocycles. The highest BCUT2D eigenvalue weighted by Crippen LogP contribution is 2.10. The molecule has 0 fully saturated rings. The molecule has 1 rings (SSSR count). The largest absolute Gasteiger partial charge is 0.366 e. The fourth-order valence-corrected chi connectivity index (χ4v) is 0.893. The van der Waals surface area contributed by atoms with E-state index in [1.54, 1.807) is 12.4 Å². The molecule has 0 saturated heterocycles. The first-order valence-electron chi connectivity index (χ1n) is 3.58. The summed E-state index contributed by atoms with van der Waals surface area (Å²) < 4.78 is 0. The van der Waals surface area contributed by atoms with Gasteiger partial charge in [0.15, 0.2) is 0 Å². The SMILES string of the molecule is C/C(=C/C(N)=O)c1cccnc1. The molecule has 0 unspecified atom stereocenters. The highest BCUT2D eigenvalue weighted by atomic mass is 16.1. The summed E-state index contributed by atoms with van der Waals surface area (Å²) in [4.78, 5) is 14.4. The van der Waals surface area contributed by atoms with Crippen molar-refractivity contribution >= 4 is 11.5 Å². The van der Waals surface area contributed by atoms with E-state index in [4.69, 9.17) is 5.73 Å². The molecule has 0 aliphatic rings. The first-order valence-corrected chi connectivity index (χ1v) is 3.58. The summed E-state index contributed by atoms with van der Waals surface area (Å²) in [5.41, 5.74) is 6.74. The Hall–Kier alpha value is -1.64. The van der Waals surface area contributed by atoms with Crippen LogP contribution in [-0.2, 0) is 4.79 Å². The van der Waals surface area contributed by atoms with Gasteiger partial charge >= 0.3 is 0 Å². The standard InChI is InChI=1S/C9H10N2O/c1-7(5-9(10)12)8-3-2-4-11-6-8/h2-6H,1H3,(H2,10,12)/b7-5-. The molecule has 62 valence electrons. The maximum Gasteiger partial charge on any atom is 0.241 e. The van der Waals surface area contributed by atoms with E-state index in [9.17, 15) is 4.79 Å². The van der Waals surface area contributed by atoms with E-state index in [1.807, 2.05) is 19.1 Å². The second-order valence-corrected chi connectivity index (χ2v) is 2.47. The van der Waals surface area contributed by atoms with Gasteiger partial charge in [0.25, 0.3) is 0 Å². The summed E-state index contributed by atoms with van der Waals surface area (Å²) in [6.45, 7) is 1.82. The smallest absolute Gasteiger partial charge is 0.241 e. The van der Waals surface area contributed by atoms with Gasteiger partial charge < -0.3 is 5.73 Å². The van der Waals surface area contributed by atoms with Crippen molar-refractivity contribution in [2.24, 2.45) is 5.73 Å². The summed E-state index contributed by atoms with van der Waals surface area (Å²) in [5.74, 6) is -0.434. The summed E-state index contributed by atoms with van der Waals surface area (Å²) in [5, 5.41) is 0. The van der Waals surface area contributed by atoms with Crippen LogP contribution < -0.4 is 5.73 Å². The van der Waals surface area contributed by atoms with E-state index < -0.39 is 5.91 Å². The number of amides is 1. The Morgan fingerprint density at radius 1 is 1.67 bits per heavy atom. The molecular formula is C9H10N2O. The van der Waals surface area contributed by atoms with Gasteiger partial charge in [-0.05, 0) is 24.1 Å². The first kappa shape index (κ1) is 8.46. The average molecular weight is 162 g/mol. The maximum atomic E-state index is 10.5. The van der Waals surface area contributed by atoms with Gasteiger partial charge in [0.2, 0.25) is 5.91 Å². The number of hydrogen-bond acceptors (Lipinski definition) is 2. The molecule has 0 radical (unpaired) electrons. The predicted octanol–water partition coefficient (Wildman–Crippen LogP) is 0.970. The molecule has 0 aromatic carbocycles. The minimum absolute atomic E-state index is 0.434. The molecule has 0 bridgehead atoms. The Balaban J connectivity index is 2.93. The molecule has 1 heterocycles. The number of rotatable bonds is 2. The van der Waals surface area contributed by atoms with Crippen molar-refractivity contribution in [1.82, 2.24) is 4.98 Å². The number of pyridine rings is 1. The molecule has 2 N–H and O–H groups in total. The maximum absolute atomic E-state index is 10.5. The van der Waals surface area contributed by atoms with Gasteiger partial charge in [0.05, 0.1) is 0 Å². The second kappa shape index (κ2) is 3.67. The van der Waals surface area contributed by atoms with Gasteiger partial charge in [-0.25, -0.2) is 0 Å². The van der Waals surface area contributed by atoms with Crippen LogP contribution in [0.15, 0.2) is 30.6 Å². The van der Waals surface area contributed by atoms with Gasteiger partial charge in [0, 0.05) is 18.5 Å². The van der Waals surface area contributed by atoms with Crippen molar-refractivity contribution in [3.05, 3.63) is 36.2 Å². The van der Waals surface area contributed by atoms with Gasteiger partial charge in [-0.2, -0.15) is 0 Å². The third-order valence-electron chi connectivity index (χ3n) is 1.48. The monoisotopic (exact) mass is 162 g/mol. The Kier molecular flexibility index (Phi) is 2.58. The Bertz CT molecular complexity index is 304. The Morgan fingerprint density at radius 3 is 2.92 bits per heavy atom. The lowest BCUT2D eigenvalue weighted by molar-refractivity contribution is -0.113. The topological polar surface area (TPSA) is 56.0 Å². The number of carbonyl (C=O) groups excluding carboxylic acids is 1. The Morgan fingerprint density at radius 2 is 2.42 bits per heavy atom. The molecule has 0 aliphatic heterocycles. The number of aromatic nitrogens is 1. The third kappa shape index (κ3) is 2.20. The van der Waals surface area contributed by atoms with Crippen LogP contribution >= 0.6 is 0 Å². The minimum Gasteiger partial charge on any atom is -0.366 e. The molecule has 0 atom stereocenters. The summed E-state index contributed by atoms with van der Waals surface area (Å²) in [6.07, 6.45) is 4.76. The molecule has 3 nitrogen and oxygen atoms in total. The summed E-state index contributed by atoms with van der Waals surface area (Å²) >= 11 is 0. The molecule has 3 heteroatoms. The zero-order valence-corrected chi connectivity index (χ0v) is 6.82. The number of nitrogens with two attached hydrogens (primary N) is 1. The molecule has 1 amide bonds. The number of allylic oxidation sites excluding steroid dienone is 1. The molecular weight excluding hydrogens is 152 g/mol. The highest BCUT2D eigenvalue weighted by Gasteiger charge is 1.95. The number of hydrogen-bond donors (Lipinski definition) is 1. The van der Waals surface area contributed by atoms with E-state index in [1.165, 1.54) is 6.08 Å². The number of carbonyl (C=O) groups is 1. The molecule has 12 heavy (non-hydrogen) atoms. The fourth-order valence-electron chi connectivity index (χ4n) is 0.893. The summed E-state index contributed by atoms with van der Waals surface area (Å²) in [7, 11) is 0. The molecule has 0 spiro atoms. The fraction of sp³-hybridized carbons (Fsp3) is 0.111. The van der Waals surface area contributed by atoms with Crippen LogP contribution in [0.25, 0.3) is 5.57 Å². The average Bonchev–Trinajstić information content (AvgIpc) is 2.05. The van der Waals surface area contributed by atoms with E-state index >= 15 is 0 Å². The van der Waals surface area contributed by atoms with Gasteiger partial charge in [0.1, 0.15) is 0 Å². The number of nitrogens with zero attached hydrogens (tertiary/aromatic N) is 1. The second-order valence-electron chi connectivity index (χ2n) is 2.47. The lowest BCUT2D eigenvalue weighted by Crippen LogP contribution is -2.06. The normalized spacial score (nSPS) is 11.2. The van der Waals surface area contributed by atoms with Crippen LogP contribution in [0.3, 0.4) is 0 Å². The Labute approximate surface area is 70.9 Å².